The van der Waals surface area contributed by atoms with Crippen molar-refractivity contribution in [1.29, 1.82) is 0 Å². The second kappa shape index (κ2) is 5.28. The zero-order valence-electron chi connectivity index (χ0n) is 11.6. The van der Waals surface area contributed by atoms with Crippen molar-refractivity contribution in [3.8, 4) is 0 Å². The first-order chi connectivity index (χ1) is 10.1. The molecule has 0 spiro atoms. The first-order valence-corrected chi connectivity index (χ1v) is 6.65. The molecule has 1 heterocycles. The molecule has 0 bridgehead atoms. The Labute approximate surface area is 120 Å². The lowest BCUT2D eigenvalue weighted by Gasteiger charge is -2.19. The van der Waals surface area contributed by atoms with Crippen molar-refractivity contribution < 1.29 is 0 Å². The van der Waals surface area contributed by atoms with Gasteiger partial charge in [-0.1, -0.05) is 30.3 Å². The van der Waals surface area contributed by atoms with Gasteiger partial charge in [-0.25, -0.2) is 4.79 Å². The van der Waals surface area contributed by atoms with Gasteiger partial charge in [0.15, 0.2) is 0 Å². The molecule has 2 N–H and O–H groups in total. The van der Waals surface area contributed by atoms with Crippen LogP contribution in [0.4, 0.5) is 5.69 Å². The van der Waals surface area contributed by atoms with Crippen molar-refractivity contribution >= 4 is 16.6 Å². The lowest BCUT2D eigenvalue weighted by atomic mass is 10.2. The molecule has 3 aromatic rings. The highest BCUT2D eigenvalue weighted by Gasteiger charge is 2.06. The average Bonchev–Trinajstić information content (AvgIpc) is 2.47. The Morgan fingerprint density at radius 3 is 2.52 bits per heavy atom. The van der Waals surface area contributed by atoms with Crippen molar-refractivity contribution in [3.05, 3.63) is 74.9 Å². The molecule has 0 saturated carbocycles. The standard InChI is InChI=1S/C16H15N3O2/c1-19(10-11-5-3-2-4-6-11)12-7-8-14-13(9-12)15(20)18-16(21)17-14/h2-9H,10H2,1H3,(H2,17,18,20,21). The highest BCUT2D eigenvalue weighted by atomic mass is 16.2. The van der Waals surface area contributed by atoms with Crippen LogP contribution in [0.3, 0.4) is 0 Å². The number of nitrogens with one attached hydrogen (secondary N) is 2. The maximum absolute atomic E-state index is 11.8. The molecule has 0 aliphatic heterocycles. The molecule has 0 radical (unpaired) electrons. The van der Waals surface area contributed by atoms with Crippen LogP contribution in [0, 0.1) is 0 Å². The highest BCUT2D eigenvalue weighted by Crippen LogP contribution is 2.18. The van der Waals surface area contributed by atoms with Crippen LogP contribution >= 0.6 is 0 Å². The topological polar surface area (TPSA) is 69.0 Å². The van der Waals surface area contributed by atoms with Crippen LogP contribution in [-0.2, 0) is 6.54 Å². The summed E-state index contributed by atoms with van der Waals surface area (Å²) in [5.74, 6) is 0. The van der Waals surface area contributed by atoms with Gasteiger partial charge in [0.2, 0.25) is 0 Å². The van der Waals surface area contributed by atoms with Crippen molar-refractivity contribution in [1.82, 2.24) is 9.97 Å². The number of hydrogen-bond acceptors (Lipinski definition) is 3. The minimum Gasteiger partial charge on any atom is -0.370 e. The monoisotopic (exact) mass is 281 g/mol. The van der Waals surface area contributed by atoms with E-state index in [2.05, 4.69) is 27.0 Å². The Bertz CT molecular complexity index is 881. The van der Waals surface area contributed by atoms with Gasteiger partial charge in [0.1, 0.15) is 0 Å². The van der Waals surface area contributed by atoms with Crippen LogP contribution in [0.2, 0.25) is 0 Å². The first kappa shape index (κ1) is 13.2. The number of nitrogens with zero attached hydrogens (tertiary/aromatic N) is 1. The van der Waals surface area contributed by atoms with Gasteiger partial charge < -0.3 is 9.88 Å². The minimum atomic E-state index is -0.488. The Morgan fingerprint density at radius 2 is 1.76 bits per heavy atom. The van der Waals surface area contributed by atoms with E-state index in [-0.39, 0.29) is 5.56 Å². The number of rotatable bonds is 3. The van der Waals surface area contributed by atoms with Gasteiger partial charge in [0.25, 0.3) is 5.56 Å². The number of fused-ring (bicyclic) bond motifs is 1. The predicted molar refractivity (Wildman–Crippen MR) is 83.7 cm³/mol. The van der Waals surface area contributed by atoms with Crippen LogP contribution < -0.4 is 16.1 Å². The summed E-state index contributed by atoms with van der Waals surface area (Å²) in [6, 6.07) is 15.5. The summed E-state index contributed by atoms with van der Waals surface area (Å²) in [4.78, 5) is 30.0. The third kappa shape index (κ3) is 2.72. The fraction of sp³-hybridized carbons (Fsp3) is 0.125. The summed E-state index contributed by atoms with van der Waals surface area (Å²) in [5.41, 5.74) is 1.79. The number of benzene rings is 2. The van der Waals surface area contributed by atoms with Crippen LogP contribution in [0.15, 0.2) is 58.1 Å². The van der Waals surface area contributed by atoms with Crippen LogP contribution in [0.5, 0.6) is 0 Å². The number of anilines is 1. The summed E-state index contributed by atoms with van der Waals surface area (Å²) in [6.07, 6.45) is 0. The SMILES string of the molecule is CN(Cc1ccccc1)c1ccc2[nH]c(=O)[nH]c(=O)c2c1. The lowest BCUT2D eigenvalue weighted by molar-refractivity contribution is 0.923. The molecule has 0 aliphatic rings. The summed E-state index contributed by atoms with van der Waals surface area (Å²) in [5, 5.41) is 0.479. The number of aromatic amines is 2. The molecular weight excluding hydrogens is 266 g/mol. The molecule has 0 fully saturated rings. The van der Waals surface area contributed by atoms with Crippen LogP contribution in [0.25, 0.3) is 10.9 Å². The quantitative estimate of drug-likeness (QED) is 0.770. The first-order valence-electron chi connectivity index (χ1n) is 6.65. The Hall–Kier alpha value is -2.82. The molecule has 21 heavy (non-hydrogen) atoms. The Balaban J connectivity index is 1.97. The van der Waals surface area contributed by atoms with Crippen LogP contribution in [0.1, 0.15) is 5.56 Å². The third-order valence-electron chi connectivity index (χ3n) is 3.43. The smallest absolute Gasteiger partial charge is 0.326 e. The minimum absolute atomic E-state index is 0.372. The van der Waals surface area contributed by atoms with E-state index in [1.54, 1.807) is 12.1 Å². The second-order valence-corrected chi connectivity index (χ2v) is 4.98. The lowest BCUT2D eigenvalue weighted by Crippen LogP contribution is -2.22. The van der Waals surface area contributed by atoms with Gasteiger partial charge >= 0.3 is 5.69 Å². The number of aromatic nitrogens is 2. The van der Waals surface area contributed by atoms with Gasteiger partial charge in [-0.05, 0) is 23.8 Å². The molecule has 0 unspecified atom stereocenters. The largest absolute Gasteiger partial charge is 0.370 e. The maximum Gasteiger partial charge on any atom is 0.326 e. The van der Waals surface area contributed by atoms with Gasteiger partial charge in [0.05, 0.1) is 10.9 Å². The van der Waals surface area contributed by atoms with E-state index in [1.165, 1.54) is 5.56 Å². The average molecular weight is 281 g/mol. The maximum atomic E-state index is 11.8. The molecule has 0 aliphatic carbocycles. The Morgan fingerprint density at radius 1 is 1.00 bits per heavy atom. The Kier molecular flexibility index (Phi) is 3.31. The van der Waals surface area contributed by atoms with E-state index < -0.39 is 5.69 Å². The number of hydrogen-bond donors (Lipinski definition) is 2. The van der Waals surface area contributed by atoms with Crippen molar-refractivity contribution in [2.24, 2.45) is 0 Å². The van der Waals surface area contributed by atoms with E-state index in [1.807, 2.05) is 31.3 Å². The fourth-order valence-corrected chi connectivity index (χ4v) is 2.34. The zero-order valence-corrected chi connectivity index (χ0v) is 11.6. The summed E-state index contributed by atoms with van der Waals surface area (Å²) in [7, 11) is 1.97. The van der Waals surface area contributed by atoms with Crippen LogP contribution in [-0.4, -0.2) is 17.0 Å². The molecule has 0 atom stereocenters. The van der Waals surface area contributed by atoms with E-state index >= 15 is 0 Å². The molecule has 0 saturated heterocycles. The molecule has 1 aromatic heterocycles. The van der Waals surface area contributed by atoms with E-state index in [9.17, 15) is 9.59 Å². The summed E-state index contributed by atoms with van der Waals surface area (Å²) < 4.78 is 0. The summed E-state index contributed by atoms with van der Waals surface area (Å²) in [6.45, 7) is 0.744. The molecular formula is C16H15N3O2. The summed E-state index contributed by atoms with van der Waals surface area (Å²) >= 11 is 0. The van der Waals surface area contributed by atoms with Gasteiger partial charge in [-0.15, -0.1) is 0 Å². The second-order valence-electron chi connectivity index (χ2n) is 4.98. The van der Waals surface area contributed by atoms with Crippen molar-refractivity contribution in [2.75, 3.05) is 11.9 Å². The molecule has 3 rings (SSSR count). The van der Waals surface area contributed by atoms with E-state index in [0.717, 1.165) is 12.2 Å². The molecule has 5 heteroatoms. The van der Waals surface area contributed by atoms with Crippen molar-refractivity contribution in [3.63, 3.8) is 0 Å². The normalized spacial score (nSPS) is 10.7. The van der Waals surface area contributed by atoms with Gasteiger partial charge in [0, 0.05) is 19.3 Å². The number of H-pyrrole nitrogens is 2. The highest BCUT2D eigenvalue weighted by molar-refractivity contribution is 5.81. The molecule has 5 nitrogen and oxygen atoms in total. The molecule has 0 amide bonds. The molecule has 106 valence electrons. The van der Waals surface area contributed by atoms with Gasteiger partial charge in [-0.2, -0.15) is 0 Å². The predicted octanol–water partition coefficient (Wildman–Crippen LogP) is 1.85. The zero-order chi connectivity index (χ0) is 14.8. The van der Waals surface area contributed by atoms with Gasteiger partial charge in [-0.3, -0.25) is 9.78 Å². The van der Waals surface area contributed by atoms with E-state index in [0.29, 0.717) is 10.9 Å². The fourth-order valence-electron chi connectivity index (χ4n) is 2.34. The van der Waals surface area contributed by atoms with E-state index in [4.69, 9.17) is 0 Å². The third-order valence-corrected chi connectivity index (χ3v) is 3.43. The van der Waals surface area contributed by atoms with Crippen molar-refractivity contribution in [2.45, 2.75) is 6.54 Å². The molecule has 2 aromatic carbocycles.